The van der Waals surface area contributed by atoms with Crippen molar-refractivity contribution >= 4 is 11.8 Å². The molecule has 1 aliphatic heterocycles. The van der Waals surface area contributed by atoms with Gasteiger partial charge in [-0.2, -0.15) is 0 Å². The Balaban J connectivity index is 1.59. The maximum Gasteiger partial charge on any atom is 0.224 e. The highest BCUT2D eigenvalue weighted by Crippen LogP contribution is 2.33. The fourth-order valence-electron chi connectivity index (χ4n) is 3.88. The van der Waals surface area contributed by atoms with Crippen molar-refractivity contribution in [3.63, 3.8) is 0 Å². The second kappa shape index (κ2) is 8.85. The van der Waals surface area contributed by atoms with Crippen molar-refractivity contribution in [1.29, 1.82) is 0 Å². The zero-order chi connectivity index (χ0) is 19.2. The van der Waals surface area contributed by atoms with Gasteiger partial charge in [0.1, 0.15) is 0 Å². The Hall–Kier alpha value is -2.62. The third kappa shape index (κ3) is 4.97. The van der Waals surface area contributed by atoms with Gasteiger partial charge in [-0.3, -0.25) is 9.59 Å². The maximum absolute atomic E-state index is 12.6. The minimum atomic E-state index is -0.134. The van der Waals surface area contributed by atoms with Crippen molar-refractivity contribution in [3.8, 4) is 0 Å². The zero-order valence-electron chi connectivity index (χ0n) is 16.2. The number of aryl methyl sites for hydroxylation is 1. The van der Waals surface area contributed by atoms with Gasteiger partial charge in [0.2, 0.25) is 11.8 Å². The highest BCUT2D eigenvalue weighted by atomic mass is 16.2. The predicted octanol–water partition coefficient (Wildman–Crippen LogP) is 3.65. The Morgan fingerprint density at radius 2 is 1.85 bits per heavy atom. The molecule has 3 rings (SSSR count). The summed E-state index contributed by atoms with van der Waals surface area (Å²) in [4.78, 5) is 26.7. The summed E-state index contributed by atoms with van der Waals surface area (Å²) < 4.78 is 0. The highest BCUT2D eigenvalue weighted by Gasteiger charge is 2.34. The van der Waals surface area contributed by atoms with Gasteiger partial charge in [0.05, 0.1) is 12.0 Å². The van der Waals surface area contributed by atoms with Gasteiger partial charge in [0.25, 0.3) is 0 Å². The van der Waals surface area contributed by atoms with Crippen LogP contribution in [0.3, 0.4) is 0 Å². The minimum Gasteiger partial charge on any atom is -0.355 e. The number of benzene rings is 2. The number of hydrogen-bond donors (Lipinski definition) is 1. The van der Waals surface area contributed by atoms with E-state index in [1.807, 2.05) is 29.2 Å². The van der Waals surface area contributed by atoms with Crippen molar-refractivity contribution in [2.24, 2.45) is 5.92 Å². The molecule has 1 fully saturated rings. The van der Waals surface area contributed by atoms with E-state index in [1.165, 1.54) is 11.1 Å². The lowest BCUT2D eigenvalue weighted by atomic mass is 9.88. The SMILES string of the molecule is CC(=O)N1CC(C(=O)NCCc2ccccc2)CCC1c1cccc(C)c1. The van der Waals surface area contributed by atoms with E-state index in [2.05, 4.69) is 42.6 Å². The lowest BCUT2D eigenvalue weighted by molar-refractivity contribution is -0.137. The molecular weight excluding hydrogens is 336 g/mol. The van der Waals surface area contributed by atoms with Crippen LogP contribution in [0.25, 0.3) is 0 Å². The summed E-state index contributed by atoms with van der Waals surface area (Å²) in [6.07, 6.45) is 2.45. The largest absolute Gasteiger partial charge is 0.355 e. The fourth-order valence-corrected chi connectivity index (χ4v) is 3.88. The molecule has 142 valence electrons. The Kier molecular flexibility index (Phi) is 6.28. The molecule has 1 N–H and O–H groups in total. The third-order valence-electron chi connectivity index (χ3n) is 5.34. The van der Waals surface area contributed by atoms with E-state index in [-0.39, 0.29) is 23.8 Å². The van der Waals surface area contributed by atoms with E-state index in [4.69, 9.17) is 0 Å². The molecule has 2 amide bonds. The van der Waals surface area contributed by atoms with E-state index in [0.717, 1.165) is 24.8 Å². The Labute approximate surface area is 161 Å². The Morgan fingerprint density at radius 3 is 2.56 bits per heavy atom. The standard InChI is InChI=1S/C23H28N2O2/c1-17-7-6-10-20(15-17)22-12-11-21(16-25(22)18(2)26)23(27)24-14-13-19-8-4-3-5-9-19/h3-10,15,21-22H,11-14,16H2,1-2H3,(H,24,27). The van der Waals surface area contributed by atoms with Crippen molar-refractivity contribution in [2.45, 2.75) is 39.2 Å². The molecule has 2 aromatic carbocycles. The van der Waals surface area contributed by atoms with Crippen LogP contribution in [0.1, 0.15) is 42.5 Å². The number of hydrogen-bond acceptors (Lipinski definition) is 2. The molecule has 0 aromatic heterocycles. The molecule has 2 atom stereocenters. The highest BCUT2D eigenvalue weighted by molar-refractivity contribution is 5.81. The number of nitrogens with zero attached hydrogens (tertiary/aromatic N) is 1. The van der Waals surface area contributed by atoms with Gasteiger partial charge in [-0.1, -0.05) is 60.2 Å². The minimum absolute atomic E-state index is 0.0308. The molecule has 0 saturated carbocycles. The van der Waals surface area contributed by atoms with Crippen LogP contribution in [0, 0.1) is 12.8 Å². The van der Waals surface area contributed by atoms with Gasteiger partial charge in [-0.05, 0) is 37.3 Å². The van der Waals surface area contributed by atoms with Crippen LogP contribution in [0.15, 0.2) is 54.6 Å². The number of likely N-dealkylation sites (tertiary alicyclic amines) is 1. The summed E-state index contributed by atoms with van der Waals surface area (Å²) in [5.41, 5.74) is 3.57. The van der Waals surface area contributed by atoms with Gasteiger partial charge in [-0.15, -0.1) is 0 Å². The van der Waals surface area contributed by atoms with Crippen molar-refractivity contribution in [2.75, 3.05) is 13.1 Å². The van der Waals surface area contributed by atoms with Crippen LogP contribution in [0.4, 0.5) is 0 Å². The van der Waals surface area contributed by atoms with Gasteiger partial charge in [0, 0.05) is 20.0 Å². The zero-order valence-corrected chi connectivity index (χ0v) is 16.2. The molecule has 1 saturated heterocycles. The van der Waals surface area contributed by atoms with E-state index in [9.17, 15) is 9.59 Å². The summed E-state index contributed by atoms with van der Waals surface area (Å²) in [6.45, 7) is 4.78. The van der Waals surface area contributed by atoms with E-state index in [0.29, 0.717) is 13.1 Å². The molecule has 0 aliphatic carbocycles. The van der Waals surface area contributed by atoms with Crippen LogP contribution in [0.2, 0.25) is 0 Å². The van der Waals surface area contributed by atoms with E-state index < -0.39 is 0 Å². The lowest BCUT2D eigenvalue weighted by Crippen LogP contribution is -2.46. The summed E-state index contributed by atoms with van der Waals surface area (Å²) in [6, 6.07) is 18.5. The number of carbonyl (C=O) groups excluding carboxylic acids is 2. The monoisotopic (exact) mass is 364 g/mol. The van der Waals surface area contributed by atoms with Crippen LogP contribution in [-0.2, 0) is 16.0 Å². The molecule has 2 aromatic rings. The number of piperidine rings is 1. The summed E-state index contributed by atoms with van der Waals surface area (Å²) in [7, 11) is 0. The first-order valence-electron chi connectivity index (χ1n) is 9.70. The van der Waals surface area contributed by atoms with Crippen LogP contribution < -0.4 is 5.32 Å². The fraction of sp³-hybridized carbons (Fsp3) is 0.391. The first-order chi connectivity index (χ1) is 13.0. The molecule has 1 heterocycles. The Morgan fingerprint density at radius 1 is 1.07 bits per heavy atom. The second-order valence-corrected chi connectivity index (χ2v) is 7.40. The second-order valence-electron chi connectivity index (χ2n) is 7.40. The molecule has 0 bridgehead atoms. The number of amides is 2. The molecule has 27 heavy (non-hydrogen) atoms. The molecule has 4 nitrogen and oxygen atoms in total. The maximum atomic E-state index is 12.6. The molecular formula is C23H28N2O2. The van der Waals surface area contributed by atoms with Crippen molar-refractivity contribution < 1.29 is 9.59 Å². The summed E-state index contributed by atoms with van der Waals surface area (Å²) in [5, 5.41) is 3.05. The summed E-state index contributed by atoms with van der Waals surface area (Å²) in [5.74, 6) is -0.0473. The number of rotatable bonds is 5. The normalized spacial score (nSPS) is 19.6. The van der Waals surface area contributed by atoms with Crippen molar-refractivity contribution in [3.05, 3.63) is 71.3 Å². The van der Waals surface area contributed by atoms with Gasteiger partial charge < -0.3 is 10.2 Å². The number of nitrogens with one attached hydrogen (secondary N) is 1. The van der Waals surface area contributed by atoms with Crippen LogP contribution >= 0.6 is 0 Å². The average Bonchev–Trinajstić information content (AvgIpc) is 2.68. The quantitative estimate of drug-likeness (QED) is 0.880. The topological polar surface area (TPSA) is 49.4 Å². The molecule has 4 heteroatoms. The molecule has 0 spiro atoms. The molecule has 1 aliphatic rings. The van der Waals surface area contributed by atoms with Gasteiger partial charge in [0.15, 0.2) is 0 Å². The van der Waals surface area contributed by atoms with Crippen LogP contribution in [-0.4, -0.2) is 29.8 Å². The summed E-state index contributed by atoms with van der Waals surface area (Å²) >= 11 is 0. The smallest absolute Gasteiger partial charge is 0.224 e. The Bertz CT molecular complexity index is 788. The van der Waals surface area contributed by atoms with Gasteiger partial charge >= 0.3 is 0 Å². The number of carbonyl (C=O) groups is 2. The van der Waals surface area contributed by atoms with Crippen molar-refractivity contribution in [1.82, 2.24) is 10.2 Å². The lowest BCUT2D eigenvalue weighted by Gasteiger charge is -2.39. The molecule has 2 unspecified atom stereocenters. The van der Waals surface area contributed by atoms with Crippen LogP contribution in [0.5, 0.6) is 0 Å². The average molecular weight is 364 g/mol. The van der Waals surface area contributed by atoms with E-state index in [1.54, 1.807) is 6.92 Å². The molecule has 0 radical (unpaired) electrons. The third-order valence-corrected chi connectivity index (χ3v) is 5.34. The predicted molar refractivity (Wildman–Crippen MR) is 107 cm³/mol. The first kappa shape index (κ1) is 19.2. The van der Waals surface area contributed by atoms with Gasteiger partial charge in [-0.25, -0.2) is 0 Å². The van der Waals surface area contributed by atoms with E-state index >= 15 is 0 Å². The first-order valence-corrected chi connectivity index (χ1v) is 9.70.